The molecule has 3 rings (SSSR count). The van der Waals surface area contributed by atoms with E-state index in [4.69, 9.17) is 47.0 Å². The lowest BCUT2D eigenvalue weighted by molar-refractivity contribution is 0.0982. The highest BCUT2D eigenvalue weighted by atomic mass is 35.5. The first-order valence-electron chi connectivity index (χ1n) is 8.50. The van der Waals surface area contributed by atoms with Crippen LogP contribution < -0.4 is 10.6 Å². The first-order valence-corrected chi connectivity index (χ1v) is 10.9. The van der Waals surface area contributed by atoms with Gasteiger partial charge in [0.15, 0.2) is 10.9 Å². The summed E-state index contributed by atoms with van der Waals surface area (Å²) in [5.41, 5.74) is 1.02. The van der Waals surface area contributed by atoms with E-state index in [0.717, 1.165) is 15.6 Å². The Morgan fingerprint density at radius 1 is 1.14 bits per heavy atom. The SMILES string of the molecule is CC(C)(C)c1cc(Cl)c(O)c(NC(=S)NC(=O)c2sc3cc(Cl)ccc3c2Cl)c1. The molecule has 0 bridgehead atoms. The van der Waals surface area contributed by atoms with E-state index in [2.05, 4.69) is 10.6 Å². The van der Waals surface area contributed by atoms with Gasteiger partial charge in [-0.2, -0.15) is 0 Å². The molecule has 9 heteroatoms. The molecule has 0 radical (unpaired) electrons. The summed E-state index contributed by atoms with van der Waals surface area (Å²) in [4.78, 5) is 13.0. The third-order valence-electron chi connectivity index (χ3n) is 4.20. The summed E-state index contributed by atoms with van der Waals surface area (Å²) >= 11 is 25.0. The minimum atomic E-state index is -0.456. The van der Waals surface area contributed by atoms with Crippen molar-refractivity contribution in [3.05, 3.63) is 55.8 Å². The van der Waals surface area contributed by atoms with E-state index in [0.29, 0.717) is 20.6 Å². The summed E-state index contributed by atoms with van der Waals surface area (Å²) in [6, 6.07) is 8.67. The van der Waals surface area contributed by atoms with Crippen molar-refractivity contribution in [1.29, 1.82) is 0 Å². The smallest absolute Gasteiger partial charge is 0.269 e. The number of thiocarbonyl (C=S) groups is 1. The molecular formula is C20H17Cl3N2O2S2. The Labute approximate surface area is 192 Å². The standard InChI is InChI=1S/C20H17Cl3N2O2S2/c1-20(2,3)9-6-12(22)16(26)13(7-9)24-19(28)25-18(27)17-15(23)11-5-4-10(21)8-14(11)29-17/h4-8,26H,1-3H3,(H2,24,25,27,28). The van der Waals surface area contributed by atoms with E-state index in [9.17, 15) is 9.90 Å². The highest BCUT2D eigenvalue weighted by Gasteiger charge is 2.21. The van der Waals surface area contributed by atoms with Crippen molar-refractivity contribution >= 4 is 85.2 Å². The molecule has 0 fully saturated rings. The summed E-state index contributed by atoms with van der Waals surface area (Å²) in [5.74, 6) is -0.604. The predicted molar refractivity (Wildman–Crippen MR) is 127 cm³/mol. The van der Waals surface area contributed by atoms with Crippen LogP contribution in [0.4, 0.5) is 5.69 Å². The Morgan fingerprint density at radius 2 is 1.83 bits per heavy atom. The van der Waals surface area contributed by atoms with E-state index in [-0.39, 0.29) is 21.3 Å². The van der Waals surface area contributed by atoms with Crippen molar-refractivity contribution in [3.63, 3.8) is 0 Å². The number of aromatic hydroxyl groups is 1. The van der Waals surface area contributed by atoms with Gasteiger partial charge in [0, 0.05) is 15.1 Å². The van der Waals surface area contributed by atoms with Crippen molar-refractivity contribution in [3.8, 4) is 5.75 Å². The summed E-state index contributed by atoms with van der Waals surface area (Å²) in [6.45, 7) is 6.07. The van der Waals surface area contributed by atoms with Gasteiger partial charge in [0.05, 0.1) is 15.7 Å². The van der Waals surface area contributed by atoms with Crippen LogP contribution in [-0.2, 0) is 5.41 Å². The summed E-state index contributed by atoms with van der Waals surface area (Å²) in [7, 11) is 0. The molecule has 0 saturated heterocycles. The van der Waals surface area contributed by atoms with Crippen LogP contribution in [0.5, 0.6) is 5.75 Å². The van der Waals surface area contributed by atoms with E-state index < -0.39 is 5.91 Å². The van der Waals surface area contributed by atoms with Crippen molar-refractivity contribution in [2.75, 3.05) is 5.32 Å². The number of benzene rings is 2. The Bertz CT molecular complexity index is 1140. The van der Waals surface area contributed by atoms with Gasteiger partial charge in [0.25, 0.3) is 5.91 Å². The van der Waals surface area contributed by atoms with Crippen molar-refractivity contribution in [2.45, 2.75) is 26.2 Å². The van der Waals surface area contributed by atoms with Gasteiger partial charge in [0.2, 0.25) is 0 Å². The van der Waals surface area contributed by atoms with Gasteiger partial charge in [-0.3, -0.25) is 10.1 Å². The van der Waals surface area contributed by atoms with Crippen LogP contribution in [0.15, 0.2) is 30.3 Å². The third-order valence-corrected chi connectivity index (χ3v) is 6.59. The number of phenolic OH excluding ortho intramolecular Hbond substituents is 1. The zero-order chi connectivity index (χ0) is 21.5. The molecule has 0 aliphatic rings. The fourth-order valence-electron chi connectivity index (χ4n) is 2.63. The molecule has 1 aromatic heterocycles. The fourth-order valence-corrected chi connectivity index (χ4v) is 4.74. The number of thiophene rings is 1. The van der Waals surface area contributed by atoms with Gasteiger partial charge in [-0.25, -0.2) is 0 Å². The average molecular weight is 488 g/mol. The van der Waals surface area contributed by atoms with E-state index in [1.165, 1.54) is 11.3 Å². The first kappa shape index (κ1) is 22.1. The lowest BCUT2D eigenvalue weighted by Crippen LogP contribution is -2.34. The van der Waals surface area contributed by atoms with Crippen molar-refractivity contribution in [2.24, 2.45) is 0 Å². The molecular weight excluding hydrogens is 471 g/mol. The van der Waals surface area contributed by atoms with Crippen LogP contribution >= 0.6 is 58.4 Å². The van der Waals surface area contributed by atoms with Gasteiger partial charge in [0.1, 0.15) is 4.88 Å². The molecule has 4 nitrogen and oxygen atoms in total. The number of halogens is 3. The maximum Gasteiger partial charge on any atom is 0.269 e. The van der Waals surface area contributed by atoms with Crippen LogP contribution in [0.25, 0.3) is 10.1 Å². The van der Waals surface area contributed by atoms with Crippen molar-refractivity contribution in [1.82, 2.24) is 5.32 Å². The summed E-state index contributed by atoms with van der Waals surface area (Å²) in [6.07, 6.45) is 0. The number of anilines is 1. The van der Waals surface area contributed by atoms with Crippen LogP contribution in [0, 0.1) is 0 Å². The molecule has 0 spiro atoms. The maximum absolute atomic E-state index is 12.7. The molecule has 0 atom stereocenters. The number of hydrogen-bond acceptors (Lipinski definition) is 4. The third kappa shape index (κ3) is 4.78. The highest BCUT2D eigenvalue weighted by Crippen LogP contribution is 2.38. The number of carbonyl (C=O) groups excluding carboxylic acids is 1. The minimum absolute atomic E-state index is 0.0129. The zero-order valence-electron chi connectivity index (χ0n) is 15.7. The molecule has 0 unspecified atom stereocenters. The predicted octanol–water partition coefficient (Wildman–Crippen LogP) is 6.99. The number of amides is 1. The number of hydrogen-bond donors (Lipinski definition) is 3. The average Bonchev–Trinajstić information content (AvgIpc) is 2.93. The lowest BCUT2D eigenvalue weighted by Gasteiger charge is -2.21. The Hall–Kier alpha value is -1.57. The number of phenols is 1. The van der Waals surface area contributed by atoms with Crippen molar-refractivity contribution < 1.29 is 9.90 Å². The Morgan fingerprint density at radius 3 is 2.48 bits per heavy atom. The molecule has 0 aliphatic heterocycles. The molecule has 3 N–H and O–H groups in total. The van der Waals surface area contributed by atoms with Gasteiger partial charge in [-0.1, -0.05) is 61.6 Å². The molecule has 3 aromatic rings. The Kier molecular flexibility index (Phi) is 6.32. The molecule has 152 valence electrons. The number of nitrogens with one attached hydrogen (secondary N) is 2. The minimum Gasteiger partial charge on any atom is -0.504 e. The van der Waals surface area contributed by atoms with Crippen LogP contribution in [0.2, 0.25) is 15.1 Å². The quantitative estimate of drug-likeness (QED) is 0.269. The molecule has 29 heavy (non-hydrogen) atoms. The van der Waals surface area contributed by atoms with Gasteiger partial charge >= 0.3 is 0 Å². The maximum atomic E-state index is 12.7. The largest absolute Gasteiger partial charge is 0.504 e. The monoisotopic (exact) mass is 486 g/mol. The molecule has 0 saturated carbocycles. The molecule has 0 aliphatic carbocycles. The molecule has 1 heterocycles. The number of rotatable bonds is 2. The van der Waals surface area contributed by atoms with Crippen LogP contribution in [0.1, 0.15) is 36.0 Å². The second-order valence-corrected chi connectivity index (χ2v) is 10.1. The first-order chi connectivity index (χ1) is 13.5. The summed E-state index contributed by atoms with van der Waals surface area (Å²) in [5, 5.41) is 17.5. The number of fused-ring (bicyclic) bond motifs is 1. The van der Waals surface area contributed by atoms with Gasteiger partial charge < -0.3 is 10.4 Å². The fraction of sp³-hybridized carbons (Fsp3) is 0.200. The van der Waals surface area contributed by atoms with Gasteiger partial charge in [-0.15, -0.1) is 11.3 Å². The zero-order valence-corrected chi connectivity index (χ0v) is 19.6. The highest BCUT2D eigenvalue weighted by molar-refractivity contribution is 7.80. The summed E-state index contributed by atoms with van der Waals surface area (Å²) < 4.78 is 0.800. The number of carbonyl (C=O) groups is 1. The van der Waals surface area contributed by atoms with E-state index in [1.807, 2.05) is 20.8 Å². The molecule has 2 aromatic carbocycles. The molecule has 1 amide bonds. The normalized spacial score (nSPS) is 11.5. The Balaban J connectivity index is 1.82. The van der Waals surface area contributed by atoms with E-state index in [1.54, 1.807) is 30.3 Å². The topological polar surface area (TPSA) is 61.4 Å². The van der Waals surface area contributed by atoms with Gasteiger partial charge in [-0.05, 0) is 47.5 Å². The van der Waals surface area contributed by atoms with E-state index >= 15 is 0 Å². The second-order valence-electron chi connectivity index (χ2n) is 7.40. The lowest BCUT2D eigenvalue weighted by atomic mass is 9.87. The second kappa shape index (κ2) is 8.28. The van der Waals surface area contributed by atoms with Crippen LogP contribution in [-0.4, -0.2) is 16.1 Å². The van der Waals surface area contributed by atoms with Crippen LogP contribution in [0.3, 0.4) is 0 Å².